The SMILES string of the molecule is CNc1nc2ncc(C#CC3CC3)nc2s1.COc1cnc(C(F)F)cc1-c1cc(N(C)CCN(CC=O)C2CC2)ccc1C=O. The Labute approximate surface area is 270 Å². The number of alkyl halides is 2. The van der Waals surface area contributed by atoms with Gasteiger partial charge in [0.15, 0.2) is 21.9 Å². The molecule has 0 spiro atoms. The summed E-state index contributed by atoms with van der Waals surface area (Å²) in [5.41, 5.74) is 3.14. The van der Waals surface area contributed by atoms with Crippen LogP contribution in [0.25, 0.3) is 21.6 Å². The molecule has 0 atom stereocenters. The summed E-state index contributed by atoms with van der Waals surface area (Å²) < 4.78 is 31.7. The van der Waals surface area contributed by atoms with Gasteiger partial charge in [-0.05, 0) is 61.4 Å². The van der Waals surface area contributed by atoms with Crippen LogP contribution in [-0.2, 0) is 4.79 Å². The van der Waals surface area contributed by atoms with Crippen LogP contribution < -0.4 is 15.0 Å². The van der Waals surface area contributed by atoms with Crippen molar-refractivity contribution < 1.29 is 23.1 Å². The average Bonchev–Trinajstić information content (AvgIpc) is 4.03. The number of ether oxygens (including phenoxy) is 1. The number of carbonyl (C=O) groups excluding carboxylic acids is 2. The van der Waals surface area contributed by atoms with Crippen molar-refractivity contribution in [2.45, 2.75) is 38.2 Å². The van der Waals surface area contributed by atoms with E-state index < -0.39 is 6.43 Å². The van der Waals surface area contributed by atoms with Crippen LogP contribution in [-0.4, -0.2) is 84.3 Å². The number of benzene rings is 1. The van der Waals surface area contributed by atoms with Crippen LogP contribution in [0.2, 0.25) is 0 Å². The molecule has 10 nitrogen and oxygen atoms in total. The maximum absolute atomic E-state index is 13.2. The molecule has 46 heavy (non-hydrogen) atoms. The standard InChI is InChI=1S/C22H25F2N3O3.C11H10N4S/c1-26(7-8-27(9-10-28)16-5-6-16)17-4-3-15(14-29)18(11-17)19-12-20(22(23)24)25-13-21(19)30-2;1-12-11-15-9-10(16-11)14-8(6-13-9)5-4-7-2-3-7/h3-4,10-14,16,22H,5-9H2,1-2H3;6-7H,2-3H2,1H3,(H,12,13,15). The fourth-order valence-corrected chi connectivity index (χ4v) is 5.48. The molecule has 1 aromatic carbocycles. The molecular formula is C33H35F2N7O3S. The highest BCUT2D eigenvalue weighted by molar-refractivity contribution is 7.21. The Balaban J connectivity index is 0.000000217. The predicted molar refractivity (Wildman–Crippen MR) is 175 cm³/mol. The Morgan fingerprint density at radius 1 is 1.09 bits per heavy atom. The van der Waals surface area contributed by atoms with Gasteiger partial charge in [-0.2, -0.15) is 4.98 Å². The van der Waals surface area contributed by atoms with Crippen LogP contribution >= 0.6 is 11.3 Å². The molecular weight excluding hydrogens is 612 g/mol. The van der Waals surface area contributed by atoms with E-state index in [1.54, 1.807) is 18.3 Å². The molecule has 0 bridgehead atoms. The van der Waals surface area contributed by atoms with Gasteiger partial charge in [-0.15, -0.1) is 0 Å². The van der Waals surface area contributed by atoms with Gasteiger partial charge in [-0.25, -0.2) is 18.7 Å². The number of thiazole rings is 1. The molecule has 0 amide bonds. The first-order valence-corrected chi connectivity index (χ1v) is 15.8. The van der Waals surface area contributed by atoms with Crippen molar-refractivity contribution in [3.63, 3.8) is 0 Å². The van der Waals surface area contributed by atoms with Gasteiger partial charge in [-0.3, -0.25) is 14.7 Å². The van der Waals surface area contributed by atoms with Gasteiger partial charge in [0.1, 0.15) is 23.4 Å². The van der Waals surface area contributed by atoms with Gasteiger partial charge >= 0.3 is 0 Å². The molecule has 2 aliphatic carbocycles. The monoisotopic (exact) mass is 647 g/mol. The van der Waals surface area contributed by atoms with Crippen molar-refractivity contribution in [2.24, 2.45) is 5.92 Å². The summed E-state index contributed by atoms with van der Waals surface area (Å²) in [6.07, 6.45) is 6.51. The van der Waals surface area contributed by atoms with Crippen LogP contribution in [0.15, 0.2) is 36.7 Å². The summed E-state index contributed by atoms with van der Waals surface area (Å²) in [6, 6.07) is 7.01. The van der Waals surface area contributed by atoms with Gasteiger partial charge in [0.2, 0.25) is 0 Å². The van der Waals surface area contributed by atoms with Gasteiger partial charge in [0.05, 0.1) is 26.0 Å². The third-order valence-electron chi connectivity index (χ3n) is 7.64. The van der Waals surface area contributed by atoms with E-state index in [9.17, 15) is 18.4 Å². The van der Waals surface area contributed by atoms with Crippen molar-refractivity contribution in [1.82, 2.24) is 24.8 Å². The molecule has 2 aliphatic rings. The largest absolute Gasteiger partial charge is 0.494 e. The van der Waals surface area contributed by atoms with E-state index in [0.717, 1.165) is 47.0 Å². The number of anilines is 2. The smallest absolute Gasteiger partial charge is 0.280 e. The first-order chi connectivity index (χ1) is 22.3. The molecule has 240 valence electrons. The highest BCUT2D eigenvalue weighted by atomic mass is 32.1. The lowest BCUT2D eigenvalue weighted by Gasteiger charge is -2.26. The Bertz CT molecular complexity index is 1750. The number of rotatable bonds is 12. The number of methoxy groups -OCH3 is 1. The fraction of sp³-hybridized carbons (Fsp3) is 0.394. The second-order valence-electron chi connectivity index (χ2n) is 11.0. The second kappa shape index (κ2) is 15.2. The number of hydrogen-bond donors (Lipinski definition) is 1. The number of likely N-dealkylation sites (N-methyl/N-ethyl adjacent to an activating group) is 1. The molecule has 0 saturated heterocycles. The van der Waals surface area contributed by atoms with Gasteiger partial charge in [-0.1, -0.05) is 17.3 Å². The van der Waals surface area contributed by atoms with Gasteiger partial charge in [0, 0.05) is 56.0 Å². The lowest BCUT2D eigenvalue weighted by atomic mass is 9.98. The quantitative estimate of drug-likeness (QED) is 0.156. The van der Waals surface area contributed by atoms with Crippen molar-refractivity contribution in [3.8, 4) is 28.7 Å². The third-order valence-corrected chi connectivity index (χ3v) is 8.60. The number of fused-ring (bicyclic) bond motifs is 1. The molecule has 2 fully saturated rings. The molecule has 0 unspecified atom stereocenters. The Hall–Kier alpha value is -4.54. The summed E-state index contributed by atoms with van der Waals surface area (Å²) in [5.74, 6) is 7.14. The molecule has 3 aromatic heterocycles. The molecule has 2 saturated carbocycles. The van der Waals surface area contributed by atoms with Crippen molar-refractivity contribution in [1.29, 1.82) is 0 Å². The number of pyridine rings is 1. The predicted octanol–water partition coefficient (Wildman–Crippen LogP) is 5.50. The fourth-order valence-electron chi connectivity index (χ4n) is 4.73. The summed E-state index contributed by atoms with van der Waals surface area (Å²) in [6.45, 7) is 1.83. The summed E-state index contributed by atoms with van der Waals surface area (Å²) >= 11 is 1.50. The number of halogens is 2. The van der Waals surface area contributed by atoms with E-state index in [1.807, 2.05) is 25.1 Å². The minimum absolute atomic E-state index is 0.313. The van der Waals surface area contributed by atoms with Crippen molar-refractivity contribution >= 4 is 45.2 Å². The van der Waals surface area contributed by atoms with E-state index in [4.69, 9.17) is 4.74 Å². The Morgan fingerprint density at radius 3 is 2.54 bits per heavy atom. The number of hydrogen-bond acceptors (Lipinski definition) is 11. The topological polar surface area (TPSA) is 113 Å². The first kappa shape index (κ1) is 32.8. The molecule has 0 radical (unpaired) electrons. The molecule has 4 aromatic rings. The zero-order valence-electron chi connectivity index (χ0n) is 25.9. The third kappa shape index (κ3) is 8.38. The maximum atomic E-state index is 13.2. The van der Waals surface area contributed by atoms with Crippen LogP contribution in [0.5, 0.6) is 5.75 Å². The average molecular weight is 648 g/mol. The minimum atomic E-state index is -2.73. The first-order valence-electron chi connectivity index (χ1n) is 15.0. The van der Waals surface area contributed by atoms with E-state index in [-0.39, 0.29) is 5.69 Å². The van der Waals surface area contributed by atoms with Crippen molar-refractivity contribution in [3.05, 3.63) is 53.6 Å². The zero-order chi connectivity index (χ0) is 32.6. The zero-order valence-corrected chi connectivity index (χ0v) is 26.7. The Kier molecular flexibility index (Phi) is 10.8. The van der Waals surface area contributed by atoms with Crippen LogP contribution in [0.4, 0.5) is 19.6 Å². The molecule has 0 aliphatic heterocycles. The number of nitrogens with one attached hydrogen (secondary N) is 1. The summed E-state index contributed by atoms with van der Waals surface area (Å²) in [7, 11) is 5.18. The van der Waals surface area contributed by atoms with Crippen LogP contribution in [0.3, 0.4) is 0 Å². The van der Waals surface area contributed by atoms with E-state index in [2.05, 4.69) is 42.0 Å². The van der Waals surface area contributed by atoms with Crippen molar-refractivity contribution in [2.75, 3.05) is 51.1 Å². The summed E-state index contributed by atoms with van der Waals surface area (Å²) in [4.78, 5) is 44.2. The lowest BCUT2D eigenvalue weighted by Crippen LogP contribution is -2.35. The number of carbonyl (C=O) groups is 2. The molecule has 3 heterocycles. The summed E-state index contributed by atoms with van der Waals surface area (Å²) in [5, 5.41) is 3.82. The van der Waals surface area contributed by atoms with Crippen LogP contribution in [0.1, 0.15) is 53.9 Å². The Morgan fingerprint density at radius 2 is 1.89 bits per heavy atom. The van der Waals surface area contributed by atoms with Gasteiger partial charge < -0.3 is 19.7 Å². The minimum Gasteiger partial charge on any atom is -0.494 e. The molecule has 13 heteroatoms. The highest BCUT2D eigenvalue weighted by Crippen LogP contribution is 2.36. The van der Waals surface area contributed by atoms with Crippen LogP contribution in [0, 0.1) is 17.8 Å². The van der Waals surface area contributed by atoms with E-state index in [0.29, 0.717) is 59.4 Å². The van der Waals surface area contributed by atoms with E-state index in [1.165, 1.54) is 43.6 Å². The number of aromatic nitrogens is 4. The number of nitrogens with zero attached hydrogens (tertiary/aromatic N) is 6. The van der Waals surface area contributed by atoms with Gasteiger partial charge in [0.25, 0.3) is 6.43 Å². The molecule has 1 N–H and O–H groups in total. The lowest BCUT2D eigenvalue weighted by molar-refractivity contribution is -0.109. The molecule has 6 rings (SSSR count). The number of aldehydes is 2. The maximum Gasteiger partial charge on any atom is 0.280 e. The normalized spacial score (nSPS) is 13.9. The highest BCUT2D eigenvalue weighted by Gasteiger charge is 2.28. The second-order valence-corrected chi connectivity index (χ2v) is 12.0. The van der Waals surface area contributed by atoms with E-state index >= 15 is 0 Å².